The minimum atomic E-state index is -1.05. The van der Waals surface area contributed by atoms with E-state index >= 15 is 0 Å². The van der Waals surface area contributed by atoms with E-state index in [4.69, 9.17) is 9.84 Å². The predicted molar refractivity (Wildman–Crippen MR) is 83.0 cm³/mol. The van der Waals surface area contributed by atoms with E-state index in [0.29, 0.717) is 10.8 Å². The Kier molecular flexibility index (Phi) is 4.29. The summed E-state index contributed by atoms with van der Waals surface area (Å²) in [5, 5.41) is 10.9. The van der Waals surface area contributed by atoms with Gasteiger partial charge in [0.05, 0.1) is 0 Å². The van der Waals surface area contributed by atoms with Crippen LogP contribution >= 0.6 is 11.3 Å². The molecule has 3 aromatic rings. The normalized spacial score (nSPS) is 10.5. The number of aromatic carboxylic acids is 1. The molecule has 0 fully saturated rings. The predicted octanol–water partition coefficient (Wildman–Crippen LogP) is 3.62. The van der Waals surface area contributed by atoms with E-state index in [9.17, 15) is 9.18 Å². The highest BCUT2D eigenvalue weighted by Crippen LogP contribution is 2.22. The molecule has 0 aliphatic carbocycles. The summed E-state index contributed by atoms with van der Waals surface area (Å²) in [6.07, 6.45) is 1.47. The van der Waals surface area contributed by atoms with Crippen LogP contribution < -0.4 is 4.74 Å². The summed E-state index contributed by atoms with van der Waals surface area (Å²) in [5.41, 5.74) is 1.73. The molecule has 0 aliphatic rings. The second-order valence-electron chi connectivity index (χ2n) is 4.61. The van der Waals surface area contributed by atoms with Crippen LogP contribution in [-0.4, -0.2) is 21.0 Å². The highest BCUT2D eigenvalue weighted by molar-refractivity contribution is 7.09. The largest absolute Gasteiger partial charge is 0.486 e. The lowest BCUT2D eigenvalue weighted by molar-refractivity contribution is 0.0691. The first kappa shape index (κ1) is 15.1. The summed E-state index contributed by atoms with van der Waals surface area (Å²) in [6.45, 7) is 0.204. The molecule has 0 aliphatic heterocycles. The second-order valence-corrected chi connectivity index (χ2v) is 5.56. The highest BCUT2D eigenvalue weighted by atomic mass is 32.1. The van der Waals surface area contributed by atoms with Crippen LogP contribution in [0.1, 0.15) is 15.5 Å². The number of nitrogens with zero attached hydrogens (tertiary/aromatic N) is 2. The van der Waals surface area contributed by atoms with Gasteiger partial charge in [0, 0.05) is 17.1 Å². The van der Waals surface area contributed by atoms with Gasteiger partial charge in [-0.05, 0) is 29.8 Å². The van der Waals surface area contributed by atoms with E-state index in [2.05, 4.69) is 9.97 Å². The molecule has 2 aromatic heterocycles. The lowest BCUT2D eigenvalue weighted by Crippen LogP contribution is -1.99. The van der Waals surface area contributed by atoms with E-state index in [1.165, 1.54) is 29.0 Å². The third-order valence-electron chi connectivity index (χ3n) is 3.05. The molecule has 23 heavy (non-hydrogen) atoms. The average Bonchev–Trinajstić information content (AvgIpc) is 3.04. The van der Waals surface area contributed by atoms with Crippen molar-refractivity contribution in [3.8, 4) is 16.9 Å². The Labute approximate surface area is 135 Å². The Balaban J connectivity index is 1.65. The molecular formula is C16H11FN2O3S. The number of ether oxygens (including phenoxy) is 1. The highest BCUT2D eigenvalue weighted by Gasteiger charge is 2.09. The molecule has 7 heteroatoms. The monoisotopic (exact) mass is 330 g/mol. The van der Waals surface area contributed by atoms with Gasteiger partial charge in [-0.1, -0.05) is 12.1 Å². The number of rotatable bonds is 5. The average molecular weight is 330 g/mol. The van der Waals surface area contributed by atoms with Crippen molar-refractivity contribution < 1.29 is 19.0 Å². The summed E-state index contributed by atoms with van der Waals surface area (Å²) >= 11 is 1.24. The van der Waals surface area contributed by atoms with Crippen LogP contribution in [0.4, 0.5) is 4.39 Å². The first-order valence-electron chi connectivity index (χ1n) is 6.64. The number of aromatic nitrogens is 2. The lowest BCUT2D eigenvalue weighted by Gasteiger charge is -2.06. The molecule has 5 nitrogen and oxygen atoms in total. The van der Waals surface area contributed by atoms with E-state index in [0.717, 1.165) is 11.1 Å². The van der Waals surface area contributed by atoms with E-state index in [1.54, 1.807) is 18.2 Å². The zero-order valence-corrected chi connectivity index (χ0v) is 12.6. The molecule has 1 N–H and O–H groups in total. The molecular weight excluding hydrogens is 319 g/mol. The van der Waals surface area contributed by atoms with Gasteiger partial charge in [-0.25, -0.2) is 14.8 Å². The first-order valence-corrected chi connectivity index (χ1v) is 7.52. The smallest absolute Gasteiger partial charge is 0.355 e. The molecule has 0 radical (unpaired) electrons. The summed E-state index contributed by atoms with van der Waals surface area (Å²) in [5.74, 6) is -0.932. The number of benzene rings is 1. The Morgan fingerprint density at radius 3 is 2.52 bits per heavy atom. The van der Waals surface area contributed by atoms with E-state index in [1.807, 2.05) is 12.1 Å². The quantitative estimate of drug-likeness (QED) is 0.723. The van der Waals surface area contributed by atoms with Gasteiger partial charge in [-0.15, -0.1) is 11.3 Å². The van der Waals surface area contributed by atoms with Crippen LogP contribution in [0.3, 0.4) is 0 Å². The van der Waals surface area contributed by atoms with Gasteiger partial charge >= 0.3 is 5.97 Å². The molecule has 0 spiro atoms. The number of hydrogen-bond donors (Lipinski definition) is 1. The van der Waals surface area contributed by atoms with Crippen LogP contribution in [0.15, 0.2) is 48.0 Å². The van der Waals surface area contributed by atoms with Crippen LogP contribution in [0.2, 0.25) is 0 Å². The SMILES string of the molecule is O=C(O)c1csc(COc2ccc(-c3ccc(F)nc3)cc2)n1. The topological polar surface area (TPSA) is 72.3 Å². The first-order chi connectivity index (χ1) is 11.1. The Hall–Kier alpha value is -2.80. The van der Waals surface area contributed by atoms with E-state index < -0.39 is 11.9 Å². The van der Waals surface area contributed by atoms with Crippen molar-refractivity contribution in [2.75, 3.05) is 0 Å². The molecule has 0 saturated carbocycles. The molecule has 0 unspecified atom stereocenters. The van der Waals surface area contributed by atoms with Crippen LogP contribution in [-0.2, 0) is 6.61 Å². The van der Waals surface area contributed by atoms with Gasteiger partial charge in [0.2, 0.25) is 5.95 Å². The van der Waals surface area contributed by atoms with Gasteiger partial charge < -0.3 is 9.84 Å². The molecule has 1 aromatic carbocycles. The number of hydrogen-bond acceptors (Lipinski definition) is 5. The van der Waals surface area contributed by atoms with Gasteiger partial charge in [0.1, 0.15) is 17.4 Å². The number of carbonyl (C=O) groups is 1. The minimum absolute atomic E-state index is 0.0211. The standard InChI is InChI=1S/C16H11FN2O3S/c17-14-6-3-11(7-18-14)10-1-4-12(5-2-10)22-8-15-19-13(9-23-15)16(20)21/h1-7,9H,8H2,(H,20,21). The molecule has 2 heterocycles. The van der Waals surface area contributed by atoms with Crippen molar-refractivity contribution in [1.82, 2.24) is 9.97 Å². The zero-order chi connectivity index (χ0) is 16.2. The number of pyridine rings is 1. The van der Waals surface area contributed by atoms with Gasteiger partial charge in [-0.2, -0.15) is 4.39 Å². The van der Waals surface area contributed by atoms with Crippen molar-refractivity contribution >= 4 is 17.3 Å². The van der Waals surface area contributed by atoms with Crippen molar-refractivity contribution in [2.45, 2.75) is 6.61 Å². The maximum absolute atomic E-state index is 12.8. The molecule has 0 amide bonds. The fraction of sp³-hybridized carbons (Fsp3) is 0.0625. The van der Waals surface area contributed by atoms with Gasteiger partial charge in [0.15, 0.2) is 5.69 Å². The maximum Gasteiger partial charge on any atom is 0.355 e. The third kappa shape index (κ3) is 3.70. The number of halogens is 1. The summed E-state index contributed by atoms with van der Waals surface area (Å²) in [6, 6.07) is 10.2. The lowest BCUT2D eigenvalue weighted by atomic mass is 10.1. The minimum Gasteiger partial charge on any atom is -0.486 e. The van der Waals surface area contributed by atoms with Crippen molar-refractivity contribution in [1.29, 1.82) is 0 Å². The molecule has 3 rings (SSSR count). The number of carboxylic acid groups (broad SMARTS) is 1. The summed E-state index contributed by atoms with van der Waals surface area (Å²) < 4.78 is 18.4. The van der Waals surface area contributed by atoms with Crippen molar-refractivity contribution in [2.24, 2.45) is 0 Å². The Bertz CT molecular complexity index is 816. The third-order valence-corrected chi connectivity index (χ3v) is 3.87. The van der Waals surface area contributed by atoms with Crippen molar-refractivity contribution in [3.05, 3.63) is 64.6 Å². The second kappa shape index (κ2) is 6.53. The molecule has 0 atom stereocenters. The Morgan fingerprint density at radius 2 is 1.91 bits per heavy atom. The maximum atomic E-state index is 12.8. The van der Waals surface area contributed by atoms with Crippen LogP contribution in [0.5, 0.6) is 5.75 Å². The molecule has 0 bridgehead atoms. The Morgan fingerprint density at radius 1 is 1.17 bits per heavy atom. The van der Waals surface area contributed by atoms with E-state index in [-0.39, 0.29) is 12.3 Å². The molecule has 0 saturated heterocycles. The fourth-order valence-corrected chi connectivity index (χ4v) is 2.59. The fourth-order valence-electron chi connectivity index (χ4n) is 1.91. The van der Waals surface area contributed by atoms with Gasteiger partial charge in [0.25, 0.3) is 0 Å². The van der Waals surface area contributed by atoms with Crippen LogP contribution in [0.25, 0.3) is 11.1 Å². The summed E-state index contributed by atoms with van der Waals surface area (Å²) in [7, 11) is 0. The van der Waals surface area contributed by atoms with Gasteiger partial charge in [-0.3, -0.25) is 0 Å². The number of thiazole rings is 1. The summed E-state index contributed by atoms with van der Waals surface area (Å²) in [4.78, 5) is 18.3. The van der Waals surface area contributed by atoms with Crippen molar-refractivity contribution in [3.63, 3.8) is 0 Å². The molecule has 116 valence electrons. The van der Waals surface area contributed by atoms with Crippen LogP contribution in [0, 0.1) is 5.95 Å². The zero-order valence-electron chi connectivity index (χ0n) is 11.8. The number of carboxylic acids is 1.